The van der Waals surface area contributed by atoms with Crippen molar-refractivity contribution in [1.82, 2.24) is 10.6 Å². The Labute approximate surface area is 97.8 Å². The summed E-state index contributed by atoms with van der Waals surface area (Å²) in [4.78, 5) is 11.7. The zero-order chi connectivity index (χ0) is 11.9. The van der Waals surface area contributed by atoms with E-state index in [0.29, 0.717) is 6.42 Å². The van der Waals surface area contributed by atoms with Gasteiger partial charge in [0.15, 0.2) is 0 Å². The summed E-state index contributed by atoms with van der Waals surface area (Å²) in [6.45, 7) is 0.935. The Hall–Kier alpha value is -0.610. The van der Waals surface area contributed by atoms with Crippen LogP contribution in [-0.4, -0.2) is 36.8 Å². The summed E-state index contributed by atoms with van der Waals surface area (Å²) in [6, 6.07) is 0. The minimum absolute atomic E-state index is 0.0742. The molecule has 1 saturated carbocycles. The molecule has 1 aliphatic carbocycles. The van der Waals surface area contributed by atoms with E-state index in [0.717, 1.165) is 38.6 Å². The molecular weight excluding hydrogens is 204 g/mol. The molecule has 0 bridgehead atoms. The maximum absolute atomic E-state index is 11.7. The van der Waals surface area contributed by atoms with Gasteiger partial charge in [-0.2, -0.15) is 0 Å². The highest BCUT2D eigenvalue weighted by Crippen LogP contribution is 2.27. The molecule has 0 heterocycles. The second kappa shape index (κ2) is 6.86. The summed E-state index contributed by atoms with van der Waals surface area (Å²) in [5.74, 6) is 0.0752. The van der Waals surface area contributed by atoms with Crippen molar-refractivity contribution < 1.29 is 9.90 Å². The third-order valence-corrected chi connectivity index (χ3v) is 3.35. The van der Waals surface area contributed by atoms with Crippen LogP contribution in [0.15, 0.2) is 0 Å². The Kier molecular flexibility index (Phi) is 5.77. The quantitative estimate of drug-likeness (QED) is 0.589. The number of carbonyl (C=O) groups excluding carboxylic acids is 1. The van der Waals surface area contributed by atoms with Gasteiger partial charge in [-0.05, 0) is 32.9 Å². The Bertz CT molecular complexity index is 213. The molecule has 1 rings (SSSR count). The lowest BCUT2D eigenvalue weighted by molar-refractivity contribution is -0.124. The van der Waals surface area contributed by atoms with Crippen LogP contribution in [0.25, 0.3) is 0 Å². The molecule has 1 amide bonds. The third kappa shape index (κ3) is 4.10. The Morgan fingerprint density at radius 2 is 2.00 bits per heavy atom. The van der Waals surface area contributed by atoms with Crippen LogP contribution in [0.4, 0.5) is 0 Å². The first-order chi connectivity index (χ1) is 7.72. The number of nitrogens with one attached hydrogen (secondary N) is 2. The molecule has 0 aromatic carbocycles. The van der Waals surface area contributed by atoms with Crippen LogP contribution in [0.3, 0.4) is 0 Å². The van der Waals surface area contributed by atoms with Crippen molar-refractivity contribution in [3.8, 4) is 0 Å². The van der Waals surface area contributed by atoms with Crippen molar-refractivity contribution in [3.63, 3.8) is 0 Å². The van der Waals surface area contributed by atoms with Gasteiger partial charge >= 0.3 is 0 Å². The molecule has 0 radical (unpaired) electrons. The van der Waals surface area contributed by atoms with Crippen LogP contribution in [0.1, 0.15) is 44.9 Å². The first-order valence-corrected chi connectivity index (χ1v) is 6.29. The SMILES string of the molecule is CNCCCC(=O)NC1(CO)CCCCC1. The topological polar surface area (TPSA) is 61.4 Å². The van der Waals surface area contributed by atoms with Crippen molar-refractivity contribution in [2.45, 2.75) is 50.5 Å². The third-order valence-electron chi connectivity index (χ3n) is 3.35. The maximum atomic E-state index is 11.7. The molecule has 4 nitrogen and oxygen atoms in total. The van der Waals surface area contributed by atoms with Gasteiger partial charge in [-0.25, -0.2) is 0 Å². The van der Waals surface area contributed by atoms with E-state index in [2.05, 4.69) is 10.6 Å². The molecule has 4 heteroatoms. The largest absolute Gasteiger partial charge is 0.394 e. The first-order valence-electron chi connectivity index (χ1n) is 6.29. The van der Waals surface area contributed by atoms with Gasteiger partial charge in [0.2, 0.25) is 5.91 Å². The number of aliphatic hydroxyl groups is 1. The minimum atomic E-state index is -0.324. The van der Waals surface area contributed by atoms with E-state index in [1.54, 1.807) is 0 Å². The summed E-state index contributed by atoms with van der Waals surface area (Å²) in [7, 11) is 1.88. The Morgan fingerprint density at radius 3 is 2.56 bits per heavy atom. The smallest absolute Gasteiger partial charge is 0.220 e. The lowest BCUT2D eigenvalue weighted by Gasteiger charge is -2.36. The fourth-order valence-electron chi connectivity index (χ4n) is 2.34. The summed E-state index contributed by atoms with van der Waals surface area (Å²) in [6.07, 6.45) is 6.67. The highest BCUT2D eigenvalue weighted by Gasteiger charge is 2.32. The molecule has 0 atom stereocenters. The molecule has 3 N–H and O–H groups in total. The van der Waals surface area contributed by atoms with Crippen molar-refractivity contribution in [2.75, 3.05) is 20.2 Å². The van der Waals surface area contributed by atoms with E-state index in [4.69, 9.17) is 0 Å². The number of hydrogen-bond donors (Lipinski definition) is 3. The standard InChI is InChI=1S/C12H24N2O2/c1-13-9-5-6-11(16)14-12(10-15)7-3-2-4-8-12/h13,15H,2-10H2,1H3,(H,14,16). The number of rotatable bonds is 6. The zero-order valence-corrected chi connectivity index (χ0v) is 10.2. The van der Waals surface area contributed by atoms with Crippen LogP contribution in [0.2, 0.25) is 0 Å². The normalized spacial score (nSPS) is 19.4. The van der Waals surface area contributed by atoms with Crippen molar-refractivity contribution in [3.05, 3.63) is 0 Å². The minimum Gasteiger partial charge on any atom is -0.394 e. The summed E-state index contributed by atoms with van der Waals surface area (Å²) < 4.78 is 0. The van der Waals surface area contributed by atoms with E-state index in [1.807, 2.05) is 7.05 Å². The van der Waals surface area contributed by atoms with Crippen molar-refractivity contribution in [1.29, 1.82) is 0 Å². The molecule has 0 aromatic rings. The summed E-state index contributed by atoms with van der Waals surface area (Å²) >= 11 is 0. The van der Waals surface area contributed by atoms with Gasteiger partial charge in [0, 0.05) is 6.42 Å². The van der Waals surface area contributed by atoms with Gasteiger partial charge in [0.25, 0.3) is 0 Å². The molecule has 0 aromatic heterocycles. The number of aliphatic hydroxyl groups excluding tert-OH is 1. The van der Waals surface area contributed by atoms with Gasteiger partial charge in [0.05, 0.1) is 12.1 Å². The molecule has 0 unspecified atom stereocenters. The fraction of sp³-hybridized carbons (Fsp3) is 0.917. The molecular formula is C12H24N2O2. The molecule has 0 aliphatic heterocycles. The monoisotopic (exact) mass is 228 g/mol. The fourth-order valence-corrected chi connectivity index (χ4v) is 2.34. The molecule has 0 spiro atoms. The highest BCUT2D eigenvalue weighted by atomic mass is 16.3. The van der Waals surface area contributed by atoms with E-state index in [9.17, 15) is 9.90 Å². The molecule has 94 valence electrons. The van der Waals surface area contributed by atoms with Crippen molar-refractivity contribution in [2.24, 2.45) is 0 Å². The van der Waals surface area contributed by atoms with E-state index >= 15 is 0 Å². The van der Waals surface area contributed by atoms with E-state index in [1.165, 1.54) is 6.42 Å². The second-order valence-corrected chi connectivity index (χ2v) is 4.75. The summed E-state index contributed by atoms with van der Waals surface area (Å²) in [5, 5.41) is 15.5. The van der Waals surface area contributed by atoms with Gasteiger partial charge in [0.1, 0.15) is 0 Å². The molecule has 1 fully saturated rings. The maximum Gasteiger partial charge on any atom is 0.220 e. The lowest BCUT2D eigenvalue weighted by Crippen LogP contribution is -2.52. The Morgan fingerprint density at radius 1 is 1.31 bits per heavy atom. The van der Waals surface area contributed by atoms with Crippen LogP contribution in [-0.2, 0) is 4.79 Å². The number of carbonyl (C=O) groups is 1. The summed E-state index contributed by atoms with van der Waals surface area (Å²) in [5.41, 5.74) is -0.324. The van der Waals surface area contributed by atoms with E-state index < -0.39 is 0 Å². The number of amides is 1. The van der Waals surface area contributed by atoms with Crippen LogP contribution < -0.4 is 10.6 Å². The average molecular weight is 228 g/mol. The van der Waals surface area contributed by atoms with Gasteiger partial charge in [-0.15, -0.1) is 0 Å². The number of hydrogen-bond acceptors (Lipinski definition) is 3. The Balaban J connectivity index is 2.33. The van der Waals surface area contributed by atoms with E-state index in [-0.39, 0.29) is 18.1 Å². The van der Waals surface area contributed by atoms with Gasteiger partial charge < -0.3 is 15.7 Å². The van der Waals surface area contributed by atoms with Gasteiger partial charge in [-0.3, -0.25) is 4.79 Å². The van der Waals surface area contributed by atoms with Crippen LogP contribution >= 0.6 is 0 Å². The van der Waals surface area contributed by atoms with Gasteiger partial charge in [-0.1, -0.05) is 19.3 Å². The zero-order valence-electron chi connectivity index (χ0n) is 10.2. The van der Waals surface area contributed by atoms with Crippen molar-refractivity contribution >= 4 is 5.91 Å². The average Bonchev–Trinajstić information content (AvgIpc) is 2.30. The predicted molar refractivity (Wildman–Crippen MR) is 64.2 cm³/mol. The molecule has 1 aliphatic rings. The van der Waals surface area contributed by atoms with Crippen LogP contribution in [0.5, 0.6) is 0 Å². The molecule has 16 heavy (non-hydrogen) atoms. The second-order valence-electron chi connectivity index (χ2n) is 4.75. The predicted octanol–water partition coefficient (Wildman–Crippen LogP) is 0.797. The highest BCUT2D eigenvalue weighted by molar-refractivity contribution is 5.76. The first kappa shape index (κ1) is 13.5. The lowest BCUT2D eigenvalue weighted by atomic mass is 9.82. The molecule has 0 saturated heterocycles. The van der Waals surface area contributed by atoms with Crippen LogP contribution in [0, 0.1) is 0 Å².